The highest BCUT2D eigenvalue weighted by atomic mass is 16.5. The fourth-order valence-electron chi connectivity index (χ4n) is 1.87. The minimum absolute atomic E-state index is 0.0362. The number of hydrogen-bond donors (Lipinski definition) is 0. The molecule has 0 aliphatic carbocycles. The fourth-order valence-corrected chi connectivity index (χ4v) is 1.87. The van der Waals surface area contributed by atoms with Crippen LogP contribution in [-0.4, -0.2) is 28.6 Å². The first-order chi connectivity index (χ1) is 8.16. The molecule has 0 saturated carbocycles. The summed E-state index contributed by atoms with van der Waals surface area (Å²) in [4.78, 5) is 15.4. The molecule has 5 heteroatoms. The second kappa shape index (κ2) is 5.40. The Bertz CT molecular complexity index is 383. The maximum atomic E-state index is 11.2. The Labute approximate surface area is 101 Å². The smallest absolute Gasteiger partial charge is 0.236 e. The normalized spacial score (nSPS) is 22.4. The van der Waals surface area contributed by atoms with E-state index in [9.17, 15) is 4.79 Å². The summed E-state index contributed by atoms with van der Waals surface area (Å²) in [7, 11) is 0. The average Bonchev–Trinajstić information content (AvgIpc) is 2.77. The lowest BCUT2D eigenvalue weighted by atomic mass is 10.1. The zero-order valence-corrected chi connectivity index (χ0v) is 10.3. The first-order valence-electron chi connectivity index (χ1n) is 6.11. The summed E-state index contributed by atoms with van der Waals surface area (Å²) in [5, 5.41) is 3.90. The Balaban J connectivity index is 1.95. The third-order valence-corrected chi connectivity index (χ3v) is 3.15. The highest BCUT2D eigenvalue weighted by Crippen LogP contribution is 2.18. The largest absolute Gasteiger partial charge is 0.378 e. The third kappa shape index (κ3) is 3.12. The first kappa shape index (κ1) is 12.2. The van der Waals surface area contributed by atoms with Gasteiger partial charge in [-0.3, -0.25) is 4.79 Å². The molecule has 1 fully saturated rings. The van der Waals surface area contributed by atoms with Gasteiger partial charge in [0.2, 0.25) is 5.89 Å². The molecule has 0 N–H and O–H groups in total. The molecule has 0 amide bonds. The van der Waals surface area contributed by atoms with Crippen molar-refractivity contribution in [3.05, 3.63) is 11.7 Å². The quantitative estimate of drug-likeness (QED) is 0.801. The summed E-state index contributed by atoms with van der Waals surface area (Å²) in [6.07, 6.45) is 4.25. The second-order valence-corrected chi connectivity index (χ2v) is 4.57. The van der Waals surface area contributed by atoms with Crippen LogP contribution in [-0.2, 0) is 16.0 Å². The Hall–Kier alpha value is -1.23. The lowest BCUT2D eigenvalue weighted by Gasteiger charge is -2.20. The maximum absolute atomic E-state index is 11.2. The summed E-state index contributed by atoms with van der Waals surface area (Å²) in [6.45, 7) is 4.12. The van der Waals surface area contributed by atoms with Gasteiger partial charge in [0.25, 0.3) is 0 Å². The molecule has 5 nitrogen and oxygen atoms in total. The highest BCUT2D eigenvalue weighted by Gasteiger charge is 2.21. The molecule has 1 saturated heterocycles. The number of carbonyl (C=O) groups excluding carboxylic acids is 1. The zero-order valence-electron chi connectivity index (χ0n) is 10.3. The van der Waals surface area contributed by atoms with Crippen molar-refractivity contribution in [2.45, 2.75) is 51.6 Å². The summed E-state index contributed by atoms with van der Waals surface area (Å²) in [6, 6.07) is 0. The van der Waals surface area contributed by atoms with E-state index in [1.807, 2.05) is 0 Å². The molecular formula is C12H18N2O3. The van der Waals surface area contributed by atoms with Crippen LogP contribution in [0.2, 0.25) is 0 Å². The molecule has 0 bridgehead atoms. The molecule has 2 heterocycles. The van der Waals surface area contributed by atoms with Gasteiger partial charge in [-0.1, -0.05) is 5.16 Å². The van der Waals surface area contributed by atoms with Crippen LogP contribution < -0.4 is 0 Å². The van der Waals surface area contributed by atoms with E-state index in [0.717, 1.165) is 19.4 Å². The van der Waals surface area contributed by atoms with Gasteiger partial charge in [-0.25, -0.2) is 0 Å². The summed E-state index contributed by atoms with van der Waals surface area (Å²) in [5.41, 5.74) is 0. The number of Topliss-reactive ketones (excluding diaryl/α,β-unsaturated/α-hetero) is 1. The molecule has 0 aromatic carbocycles. The van der Waals surface area contributed by atoms with E-state index in [2.05, 4.69) is 10.1 Å². The van der Waals surface area contributed by atoms with E-state index in [1.165, 1.54) is 13.3 Å². The van der Waals surface area contributed by atoms with Gasteiger partial charge in [-0.15, -0.1) is 0 Å². The molecule has 2 unspecified atom stereocenters. The van der Waals surface area contributed by atoms with E-state index >= 15 is 0 Å². The van der Waals surface area contributed by atoms with Gasteiger partial charge in [-0.05, 0) is 33.1 Å². The molecule has 0 spiro atoms. The van der Waals surface area contributed by atoms with Gasteiger partial charge in [0.05, 0.1) is 12.0 Å². The molecule has 1 aliphatic heterocycles. The molecule has 94 valence electrons. The van der Waals surface area contributed by atoms with Crippen molar-refractivity contribution < 1.29 is 14.1 Å². The Kier molecular flexibility index (Phi) is 3.89. The summed E-state index contributed by atoms with van der Waals surface area (Å²) >= 11 is 0. The Morgan fingerprint density at radius 3 is 3.00 bits per heavy atom. The fraction of sp³-hybridized carbons (Fsp3) is 0.750. The first-order valence-corrected chi connectivity index (χ1v) is 6.11. The van der Waals surface area contributed by atoms with Gasteiger partial charge >= 0.3 is 0 Å². The lowest BCUT2D eigenvalue weighted by molar-refractivity contribution is -0.118. The molecule has 1 aromatic heterocycles. The number of rotatable bonds is 4. The predicted molar refractivity (Wildman–Crippen MR) is 60.7 cm³/mol. The molecule has 2 rings (SSSR count). The van der Waals surface area contributed by atoms with Crippen molar-refractivity contribution in [1.29, 1.82) is 0 Å². The topological polar surface area (TPSA) is 65.2 Å². The van der Waals surface area contributed by atoms with Crippen LogP contribution in [0.5, 0.6) is 0 Å². The molecule has 1 aliphatic rings. The Morgan fingerprint density at radius 2 is 2.35 bits per heavy atom. The molecule has 2 atom stereocenters. The van der Waals surface area contributed by atoms with E-state index in [1.54, 1.807) is 6.92 Å². The number of hydrogen-bond acceptors (Lipinski definition) is 5. The minimum Gasteiger partial charge on any atom is -0.378 e. The van der Waals surface area contributed by atoms with Crippen LogP contribution in [0.15, 0.2) is 4.52 Å². The number of aromatic nitrogens is 2. The number of carbonyl (C=O) groups is 1. The zero-order chi connectivity index (χ0) is 12.3. The minimum atomic E-state index is -0.316. The van der Waals surface area contributed by atoms with Crippen molar-refractivity contribution in [3.8, 4) is 0 Å². The van der Waals surface area contributed by atoms with Gasteiger partial charge in [0.15, 0.2) is 5.82 Å². The highest BCUT2D eigenvalue weighted by molar-refractivity contribution is 5.81. The van der Waals surface area contributed by atoms with E-state index in [-0.39, 0.29) is 17.8 Å². The van der Waals surface area contributed by atoms with Gasteiger partial charge in [0, 0.05) is 13.0 Å². The SMILES string of the molecule is CC(=O)C(C)c1nc(CC2CCCCO2)no1. The predicted octanol–water partition coefficient (Wildman–Crippen LogP) is 1.87. The monoisotopic (exact) mass is 238 g/mol. The maximum Gasteiger partial charge on any atom is 0.236 e. The molecule has 0 radical (unpaired) electrons. The molecular weight excluding hydrogens is 220 g/mol. The third-order valence-electron chi connectivity index (χ3n) is 3.15. The van der Waals surface area contributed by atoms with Crippen molar-refractivity contribution >= 4 is 5.78 Å². The van der Waals surface area contributed by atoms with Crippen molar-refractivity contribution in [1.82, 2.24) is 10.1 Å². The van der Waals surface area contributed by atoms with Crippen LogP contribution in [0.25, 0.3) is 0 Å². The van der Waals surface area contributed by atoms with Gasteiger partial charge in [-0.2, -0.15) is 4.98 Å². The summed E-state index contributed by atoms with van der Waals surface area (Å²) in [5.74, 6) is 0.765. The van der Waals surface area contributed by atoms with Crippen LogP contribution >= 0.6 is 0 Å². The number of ketones is 1. The van der Waals surface area contributed by atoms with E-state index in [4.69, 9.17) is 9.26 Å². The van der Waals surface area contributed by atoms with Crippen LogP contribution in [0.3, 0.4) is 0 Å². The average molecular weight is 238 g/mol. The van der Waals surface area contributed by atoms with Gasteiger partial charge in [0.1, 0.15) is 5.78 Å². The standard InChI is InChI=1S/C12H18N2O3/c1-8(9(2)15)12-13-11(14-17-12)7-10-5-3-4-6-16-10/h8,10H,3-7H2,1-2H3. The van der Waals surface area contributed by atoms with Gasteiger partial charge < -0.3 is 9.26 Å². The van der Waals surface area contributed by atoms with Crippen LogP contribution in [0.4, 0.5) is 0 Å². The van der Waals surface area contributed by atoms with E-state index < -0.39 is 0 Å². The van der Waals surface area contributed by atoms with Crippen molar-refractivity contribution in [2.75, 3.05) is 6.61 Å². The lowest BCUT2D eigenvalue weighted by Crippen LogP contribution is -2.21. The van der Waals surface area contributed by atoms with Crippen molar-refractivity contribution in [2.24, 2.45) is 0 Å². The van der Waals surface area contributed by atoms with Crippen molar-refractivity contribution in [3.63, 3.8) is 0 Å². The number of ether oxygens (including phenoxy) is 1. The summed E-state index contributed by atoms with van der Waals surface area (Å²) < 4.78 is 10.7. The Morgan fingerprint density at radius 1 is 1.53 bits per heavy atom. The van der Waals surface area contributed by atoms with E-state index in [0.29, 0.717) is 18.1 Å². The second-order valence-electron chi connectivity index (χ2n) is 4.57. The van der Waals surface area contributed by atoms with Crippen LogP contribution in [0.1, 0.15) is 50.7 Å². The number of nitrogens with zero attached hydrogens (tertiary/aromatic N) is 2. The molecule has 1 aromatic rings. The van der Waals surface area contributed by atoms with Crippen LogP contribution in [0, 0.1) is 0 Å². The molecule has 17 heavy (non-hydrogen) atoms.